The molecule has 0 aromatic heterocycles. The predicted molar refractivity (Wildman–Crippen MR) is 62.8 cm³/mol. The summed E-state index contributed by atoms with van der Waals surface area (Å²) in [4.78, 5) is 11.2. The molecular weight excluding hydrogens is 279 g/mol. The highest BCUT2D eigenvalue weighted by Crippen LogP contribution is 2.18. The first-order chi connectivity index (χ1) is 7.63. The minimum atomic E-state index is -0.508. The maximum absolute atomic E-state index is 13.3. The molecule has 16 heavy (non-hydrogen) atoms. The first kappa shape index (κ1) is 12.9. The molecule has 0 bridgehead atoms. The monoisotopic (exact) mass is 290 g/mol. The molecule has 4 nitrogen and oxygen atoms in total. The Labute approximate surface area is 101 Å². The van der Waals surface area contributed by atoms with E-state index in [0.29, 0.717) is 17.4 Å². The normalized spacial score (nSPS) is 9.94. The van der Waals surface area contributed by atoms with Crippen molar-refractivity contribution in [2.45, 2.75) is 6.42 Å². The van der Waals surface area contributed by atoms with E-state index in [1.807, 2.05) is 0 Å². The third-order valence-corrected chi connectivity index (χ3v) is 2.29. The lowest BCUT2D eigenvalue weighted by molar-refractivity contribution is 0.248. The number of aliphatic hydroxyl groups is 1. The van der Waals surface area contributed by atoms with Gasteiger partial charge in [0.15, 0.2) is 0 Å². The van der Waals surface area contributed by atoms with Crippen LogP contribution in [-0.2, 0) is 0 Å². The number of hydrogen-bond acceptors (Lipinski definition) is 2. The molecule has 0 saturated carbocycles. The molecule has 0 radical (unpaired) electrons. The number of benzene rings is 1. The number of hydrogen-bond donors (Lipinski definition) is 3. The topological polar surface area (TPSA) is 61.4 Å². The number of carbonyl (C=O) groups is 1. The van der Waals surface area contributed by atoms with Gasteiger partial charge in [0.05, 0.1) is 5.69 Å². The number of rotatable bonds is 4. The van der Waals surface area contributed by atoms with Gasteiger partial charge in [-0.3, -0.25) is 0 Å². The lowest BCUT2D eigenvalue weighted by atomic mass is 10.3. The van der Waals surface area contributed by atoms with Gasteiger partial charge in [0.2, 0.25) is 0 Å². The minimum Gasteiger partial charge on any atom is -0.396 e. The Morgan fingerprint density at radius 1 is 1.50 bits per heavy atom. The van der Waals surface area contributed by atoms with Crippen molar-refractivity contribution in [3.8, 4) is 0 Å². The largest absolute Gasteiger partial charge is 0.396 e. The van der Waals surface area contributed by atoms with Crippen LogP contribution in [0.15, 0.2) is 22.7 Å². The lowest BCUT2D eigenvalue weighted by Crippen LogP contribution is -2.30. The molecule has 0 unspecified atom stereocenters. The van der Waals surface area contributed by atoms with E-state index in [2.05, 4.69) is 26.6 Å². The van der Waals surface area contributed by atoms with Crippen molar-refractivity contribution in [3.05, 3.63) is 28.5 Å². The average Bonchev–Trinajstić information content (AvgIpc) is 2.23. The van der Waals surface area contributed by atoms with Crippen molar-refractivity contribution >= 4 is 27.6 Å². The number of carbonyl (C=O) groups excluding carboxylic acids is 1. The van der Waals surface area contributed by atoms with Crippen molar-refractivity contribution in [2.24, 2.45) is 0 Å². The molecule has 1 aromatic rings. The molecule has 0 spiro atoms. The second-order valence-corrected chi connectivity index (χ2v) is 4.00. The number of anilines is 1. The van der Waals surface area contributed by atoms with Crippen molar-refractivity contribution in [3.63, 3.8) is 0 Å². The first-order valence-electron chi connectivity index (χ1n) is 4.74. The number of halogens is 2. The van der Waals surface area contributed by atoms with Gasteiger partial charge in [-0.2, -0.15) is 0 Å². The molecule has 1 aromatic carbocycles. The summed E-state index contributed by atoms with van der Waals surface area (Å²) in [7, 11) is 0. The maximum Gasteiger partial charge on any atom is 0.319 e. The zero-order valence-corrected chi connectivity index (χ0v) is 10.1. The fourth-order valence-electron chi connectivity index (χ4n) is 1.04. The predicted octanol–water partition coefficient (Wildman–Crippen LogP) is 2.09. The van der Waals surface area contributed by atoms with E-state index in [9.17, 15) is 9.18 Å². The smallest absolute Gasteiger partial charge is 0.319 e. The van der Waals surface area contributed by atoms with E-state index < -0.39 is 11.8 Å². The molecule has 6 heteroatoms. The van der Waals surface area contributed by atoms with E-state index in [-0.39, 0.29) is 12.3 Å². The first-order valence-corrected chi connectivity index (χ1v) is 5.53. The summed E-state index contributed by atoms with van der Waals surface area (Å²) >= 11 is 3.12. The van der Waals surface area contributed by atoms with Crippen LogP contribution in [0.25, 0.3) is 0 Å². The van der Waals surface area contributed by atoms with Crippen LogP contribution < -0.4 is 10.6 Å². The Bertz CT molecular complexity index is 374. The van der Waals surface area contributed by atoms with Crippen molar-refractivity contribution in [1.29, 1.82) is 0 Å². The van der Waals surface area contributed by atoms with Crippen molar-refractivity contribution in [1.82, 2.24) is 5.32 Å². The van der Waals surface area contributed by atoms with Crippen LogP contribution in [0.4, 0.5) is 14.9 Å². The summed E-state index contributed by atoms with van der Waals surface area (Å²) in [5.41, 5.74) is 0.115. The van der Waals surface area contributed by atoms with Crippen LogP contribution in [-0.4, -0.2) is 24.3 Å². The van der Waals surface area contributed by atoms with Gasteiger partial charge in [-0.25, -0.2) is 9.18 Å². The molecule has 0 fully saturated rings. The standard InChI is InChI=1S/C10H12BrFN2O2/c11-7-2-3-9(8(12)6-7)14-10(16)13-4-1-5-15/h2-3,6,15H,1,4-5H2,(H2,13,14,16). The van der Waals surface area contributed by atoms with E-state index in [4.69, 9.17) is 5.11 Å². The molecular formula is C10H12BrFN2O2. The molecule has 88 valence electrons. The van der Waals surface area contributed by atoms with E-state index in [1.165, 1.54) is 12.1 Å². The lowest BCUT2D eigenvalue weighted by Gasteiger charge is -2.07. The van der Waals surface area contributed by atoms with Gasteiger partial charge >= 0.3 is 6.03 Å². The summed E-state index contributed by atoms with van der Waals surface area (Å²) in [5, 5.41) is 13.4. The zero-order valence-electron chi connectivity index (χ0n) is 8.46. The summed E-state index contributed by atoms with van der Waals surface area (Å²) < 4.78 is 13.9. The van der Waals surface area contributed by atoms with Crippen LogP contribution in [0.1, 0.15) is 6.42 Å². The summed E-state index contributed by atoms with van der Waals surface area (Å²) in [6.45, 7) is 0.355. The van der Waals surface area contributed by atoms with Crippen LogP contribution in [0.2, 0.25) is 0 Å². The van der Waals surface area contributed by atoms with Gasteiger partial charge in [0.25, 0.3) is 0 Å². The summed E-state index contributed by atoms with van der Waals surface area (Å²) in [6, 6.07) is 3.87. The quantitative estimate of drug-likeness (QED) is 0.744. The molecule has 0 aliphatic carbocycles. The van der Waals surface area contributed by atoms with E-state index in [1.54, 1.807) is 6.07 Å². The molecule has 2 amide bonds. The van der Waals surface area contributed by atoms with Crippen molar-refractivity contribution < 1.29 is 14.3 Å². The Kier molecular flexibility index (Phi) is 5.21. The third-order valence-electron chi connectivity index (χ3n) is 1.80. The highest BCUT2D eigenvalue weighted by molar-refractivity contribution is 9.10. The number of urea groups is 1. The van der Waals surface area contributed by atoms with Gasteiger partial charge in [0.1, 0.15) is 5.82 Å². The molecule has 0 aliphatic rings. The molecule has 0 aliphatic heterocycles. The number of amides is 2. The fraction of sp³-hybridized carbons (Fsp3) is 0.300. The van der Waals surface area contributed by atoms with Gasteiger partial charge < -0.3 is 15.7 Å². The van der Waals surface area contributed by atoms with Crippen LogP contribution >= 0.6 is 15.9 Å². The minimum absolute atomic E-state index is 0.00687. The fourth-order valence-corrected chi connectivity index (χ4v) is 1.37. The molecule has 0 atom stereocenters. The zero-order chi connectivity index (χ0) is 12.0. The van der Waals surface area contributed by atoms with Gasteiger partial charge in [-0.05, 0) is 24.6 Å². The van der Waals surface area contributed by atoms with Crippen LogP contribution in [0.3, 0.4) is 0 Å². The molecule has 3 N–H and O–H groups in total. The molecule has 1 rings (SSSR count). The van der Waals surface area contributed by atoms with Crippen LogP contribution in [0.5, 0.6) is 0 Å². The highest BCUT2D eigenvalue weighted by Gasteiger charge is 2.06. The summed E-state index contributed by atoms with van der Waals surface area (Å²) in [5.74, 6) is -0.508. The van der Waals surface area contributed by atoms with Gasteiger partial charge in [-0.1, -0.05) is 15.9 Å². The Balaban J connectivity index is 2.49. The van der Waals surface area contributed by atoms with Gasteiger partial charge in [0, 0.05) is 17.6 Å². The average molecular weight is 291 g/mol. The Morgan fingerprint density at radius 2 is 2.25 bits per heavy atom. The SMILES string of the molecule is O=C(NCCCO)Nc1ccc(Br)cc1F. The van der Waals surface area contributed by atoms with E-state index >= 15 is 0 Å². The summed E-state index contributed by atoms with van der Waals surface area (Å²) in [6.07, 6.45) is 0.468. The van der Waals surface area contributed by atoms with E-state index in [0.717, 1.165) is 0 Å². The Morgan fingerprint density at radius 3 is 2.88 bits per heavy atom. The molecule has 0 saturated heterocycles. The van der Waals surface area contributed by atoms with Crippen molar-refractivity contribution in [2.75, 3.05) is 18.5 Å². The number of aliphatic hydroxyl groups excluding tert-OH is 1. The highest BCUT2D eigenvalue weighted by atomic mass is 79.9. The number of nitrogens with one attached hydrogen (secondary N) is 2. The maximum atomic E-state index is 13.3. The van der Waals surface area contributed by atoms with Gasteiger partial charge in [-0.15, -0.1) is 0 Å². The van der Waals surface area contributed by atoms with Crippen LogP contribution in [0, 0.1) is 5.82 Å². The second-order valence-electron chi connectivity index (χ2n) is 3.08. The molecule has 0 heterocycles. The third kappa shape index (κ3) is 4.16. The second kappa shape index (κ2) is 6.44. The Hall–Kier alpha value is -1.14.